The highest BCUT2D eigenvalue weighted by molar-refractivity contribution is 7.92. The lowest BCUT2D eigenvalue weighted by Crippen LogP contribution is -2.60. The summed E-state index contributed by atoms with van der Waals surface area (Å²) < 4.78 is 25.0. The fourth-order valence-electron chi connectivity index (χ4n) is 4.20. The van der Waals surface area contributed by atoms with Gasteiger partial charge in [-0.05, 0) is 25.3 Å². The molecule has 3 rings (SSSR count). The molecular formula is C20H31N3O3S. The largest absolute Gasteiger partial charge is 0.386 e. The van der Waals surface area contributed by atoms with Crippen molar-refractivity contribution < 1.29 is 13.5 Å². The number of aliphatic hydroxyl groups excluding tert-OH is 1. The van der Waals surface area contributed by atoms with Gasteiger partial charge in [-0.2, -0.15) is 0 Å². The molecule has 2 N–H and O–H groups in total. The predicted octanol–water partition coefficient (Wildman–Crippen LogP) is 2.12. The molecule has 2 aliphatic rings. The van der Waals surface area contributed by atoms with Crippen molar-refractivity contribution in [2.24, 2.45) is 4.99 Å². The first-order valence-corrected chi connectivity index (χ1v) is 11.6. The second-order valence-electron chi connectivity index (χ2n) is 7.61. The van der Waals surface area contributed by atoms with Crippen LogP contribution in [0.5, 0.6) is 0 Å². The molecule has 1 saturated carbocycles. The van der Waals surface area contributed by atoms with Crippen LogP contribution in [0.2, 0.25) is 0 Å². The fraction of sp³-hybridized carbons (Fsp3) is 0.650. The first-order valence-electron chi connectivity index (χ1n) is 9.96. The summed E-state index contributed by atoms with van der Waals surface area (Å²) in [5, 5.41) is 13.7. The molecule has 0 amide bonds. The van der Waals surface area contributed by atoms with E-state index in [9.17, 15) is 13.5 Å². The molecule has 1 unspecified atom stereocenters. The molecule has 1 aromatic rings. The number of aliphatic hydroxyl groups is 1. The maximum atomic E-state index is 12.8. The van der Waals surface area contributed by atoms with E-state index < -0.39 is 20.7 Å². The van der Waals surface area contributed by atoms with Crippen molar-refractivity contribution in [2.75, 3.05) is 31.9 Å². The number of guanidine groups is 1. The molecule has 1 atom stereocenters. The van der Waals surface area contributed by atoms with E-state index in [1.54, 1.807) is 0 Å². The zero-order chi connectivity index (χ0) is 19.3. The van der Waals surface area contributed by atoms with Crippen LogP contribution in [0.4, 0.5) is 0 Å². The van der Waals surface area contributed by atoms with E-state index in [0.29, 0.717) is 25.6 Å². The van der Waals surface area contributed by atoms with Gasteiger partial charge in [0.1, 0.15) is 0 Å². The Labute approximate surface area is 162 Å². The van der Waals surface area contributed by atoms with E-state index in [1.165, 1.54) is 0 Å². The Bertz CT molecular complexity index is 743. The first kappa shape index (κ1) is 20.1. The summed E-state index contributed by atoms with van der Waals surface area (Å²) in [6.07, 6.45) is 3.91. The molecule has 2 fully saturated rings. The summed E-state index contributed by atoms with van der Waals surface area (Å²) in [4.78, 5) is 6.70. The minimum absolute atomic E-state index is 0.179. The molecule has 0 aromatic heterocycles. The maximum Gasteiger partial charge on any atom is 0.194 e. The van der Waals surface area contributed by atoms with Gasteiger partial charge in [0.25, 0.3) is 0 Å². The van der Waals surface area contributed by atoms with E-state index >= 15 is 0 Å². The molecule has 27 heavy (non-hydrogen) atoms. The Balaban J connectivity index is 1.76. The summed E-state index contributed by atoms with van der Waals surface area (Å²) in [6, 6.07) is 9.49. The van der Waals surface area contributed by atoms with Gasteiger partial charge in [0, 0.05) is 19.6 Å². The van der Waals surface area contributed by atoms with Crippen molar-refractivity contribution in [1.29, 1.82) is 0 Å². The van der Waals surface area contributed by atoms with Gasteiger partial charge in [-0.25, -0.2) is 8.42 Å². The van der Waals surface area contributed by atoms with Crippen molar-refractivity contribution in [2.45, 2.75) is 49.9 Å². The van der Waals surface area contributed by atoms with Crippen LogP contribution in [0.15, 0.2) is 35.3 Å². The minimum atomic E-state index is -3.08. The number of hydrogen-bond donors (Lipinski definition) is 2. The van der Waals surface area contributed by atoms with Gasteiger partial charge >= 0.3 is 0 Å². The highest BCUT2D eigenvalue weighted by atomic mass is 32.2. The third-order valence-electron chi connectivity index (χ3n) is 5.77. The van der Waals surface area contributed by atoms with Gasteiger partial charge in [-0.15, -0.1) is 0 Å². The smallest absolute Gasteiger partial charge is 0.194 e. The molecule has 0 bridgehead atoms. The van der Waals surface area contributed by atoms with Crippen molar-refractivity contribution in [1.82, 2.24) is 10.2 Å². The quantitative estimate of drug-likeness (QED) is 0.605. The first-order chi connectivity index (χ1) is 13.0. The van der Waals surface area contributed by atoms with Gasteiger partial charge in [-0.3, -0.25) is 4.99 Å². The van der Waals surface area contributed by atoms with Crippen molar-refractivity contribution in [3.63, 3.8) is 0 Å². The fourth-order valence-corrected chi connectivity index (χ4v) is 6.35. The number of benzene rings is 1. The third-order valence-corrected chi connectivity index (χ3v) is 8.34. The standard InChI is InChI=1S/C20H31N3O3S/c1-2-21-19(22-15-18(24)17-9-5-3-6-10-17)23-13-14-27(25,26)20(16-23)11-7-4-8-12-20/h3,5-6,9-10,18,24H,2,4,7-8,11-16H2,1H3,(H,21,22). The van der Waals surface area contributed by atoms with Crippen molar-refractivity contribution in [3.05, 3.63) is 35.9 Å². The number of rotatable bonds is 4. The SMILES string of the molecule is CCNC(=NCC(O)c1ccccc1)N1CCS(=O)(=O)C2(CCCCC2)C1. The highest BCUT2D eigenvalue weighted by Gasteiger charge is 2.48. The number of hydrogen-bond acceptors (Lipinski definition) is 4. The predicted molar refractivity (Wildman–Crippen MR) is 109 cm³/mol. The molecular weight excluding hydrogens is 362 g/mol. The van der Waals surface area contributed by atoms with Gasteiger partial charge < -0.3 is 15.3 Å². The summed E-state index contributed by atoms with van der Waals surface area (Å²) >= 11 is 0. The summed E-state index contributed by atoms with van der Waals surface area (Å²) in [7, 11) is -3.08. The van der Waals surface area contributed by atoms with Gasteiger partial charge in [-0.1, -0.05) is 49.6 Å². The minimum Gasteiger partial charge on any atom is -0.386 e. The van der Waals surface area contributed by atoms with E-state index in [-0.39, 0.29) is 12.3 Å². The van der Waals surface area contributed by atoms with Crippen molar-refractivity contribution >= 4 is 15.8 Å². The van der Waals surface area contributed by atoms with E-state index in [0.717, 1.165) is 37.7 Å². The Morgan fingerprint density at radius 3 is 2.63 bits per heavy atom. The van der Waals surface area contributed by atoms with Crippen LogP contribution in [0.3, 0.4) is 0 Å². The van der Waals surface area contributed by atoms with Crippen LogP contribution in [-0.2, 0) is 9.84 Å². The lowest BCUT2D eigenvalue weighted by atomic mass is 9.87. The second kappa shape index (κ2) is 8.61. The number of sulfone groups is 1. The Kier molecular flexibility index (Phi) is 6.42. The van der Waals surface area contributed by atoms with Crippen LogP contribution in [-0.4, -0.2) is 61.1 Å². The molecule has 1 aliphatic carbocycles. The lowest BCUT2D eigenvalue weighted by Gasteiger charge is -2.45. The maximum absolute atomic E-state index is 12.8. The van der Waals surface area contributed by atoms with E-state index in [2.05, 4.69) is 15.2 Å². The summed E-state index contributed by atoms with van der Waals surface area (Å²) in [5.74, 6) is 0.880. The van der Waals surface area contributed by atoms with Crippen LogP contribution < -0.4 is 5.32 Å². The summed E-state index contributed by atoms with van der Waals surface area (Å²) in [6.45, 7) is 3.92. The average molecular weight is 394 g/mol. The van der Waals surface area contributed by atoms with Crippen LogP contribution in [0, 0.1) is 0 Å². The zero-order valence-electron chi connectivity index (χ0n) is 16.1. The Hall–Kier alpha value is -1.60. The number of nitrogens with one attached hydrogen (secondary N) is 1. The van der Waals surface area contributed by atoms with Gasteiger partial charge in [0.2, 0.25) is 0 Å². The zero-order valence-corrected chi connectivity index (χ0v) is 16.9. The Morgan fingerprint density at radius 1 is 1.26 bits per heavy atom. The van der Waals surface area contributed by atoms with E-state index in [1.807, 2.05) is 37.3 Å². The Morgan fingerprint density at radius 2 is 1.96 bits per heavy atom. The van der Waals surface area contributed by atoms with E-state index in [4.69, 9.17) is 0 Å². The van der Waals surface area contributed by atoms with Gasteiger partial charge in [0.15, 0.2) is 15.8 Å². The molecule has 0 radical (unpaired) electrons. The molecule has 1 spiro atoms. The number of aliphatic imine (C=N–C) groups is 1. The molecule has 1 aromatic carbocycles. The monoisotopic (exact) mass is 393 g/mol. The molecule has 6 nitrogen and oxygen atoms in total. The van der Waals surface area contributed by atoms with Crippen LogP contribution >= 0.6 is 0 Å². The van der Waals surface area contributed by atoms with Gasteiger partial charge in [0.05, 0.1) is 23.1 Å². The second-order valence-corrected chi connectivity index (χ2v) is 10.1. The normalized spacial score (nSPS) is 23.2. The molecule has 7 heteroatoms. The van der Waals surface area contributed by atoms with Crippen LogP contribution in [0.25, 0.3) is 0 Å². The third kappa shape index (κ3) is 4.46. The molecule has 150 valence electrons. The van der Waals surface area contributed by atoms with Crippen molar-refractivity contribution in [3.8, 4) is 0 Å². The average Bonchev–Trinajstić information content (AvgIpc) is 2.69. The molecule has 1 heterocycles. The molecule has 1 saturated heterocycles. The summed E-state index contributed by atoms with van der Waals surface area (Å²) in [5.41, 5.74) is 0.835. The topological polar surface area (TPSA) is 82.0 Å². The number of nitrogens with zero attached hydrogens (tertiary/aromatic N) is 2. The molecule has 1 aliphatic heterocycles. The lowest BCUT2D eigenvalue weighted by molar-refractivity contribution is 0.186. The van der Waals surface area contributed by atoms with Crippen LogP contribution in [0.1, 0.15) is 50.7 Å². The highest BCUT2D eigenvalue weighted by Crippen LogP contribution is 2.38.